The van der Waals surface area contributed by atoms with Gasteiger partial charge in [0.25, 0.3) is 0 Å². The van der Waals surface area contributed by atoms with Gasteiger partial charge in [0.15, 0.2) is 0 Å². The van der Waals surface area contributed by atoms with Crippen LogP contribution < -0.4 is 0 Å². The van der Waals surface area contributed by atoms with Crippen LogP contribution in [0.15, 0.2) is 24.3 Å². The molecule has 1 spiro atoms. The molecule has 1 aromatic carbocycles. The van der Waals surface area contributed by atoms with Crippen molar-refractivity contribution in [1.82, 2.24) is 4.90 Å². The summed E-state index contributed by atoms with van der Waals surface area (Å²) in [5, 5.41) is 9.11. The Bertz CT molecular complexity index is 608. The van der Waals surface area contributed by atoms with Gasteiger partial charge in [-0.25, -0.2) is 0 Å². The molecule has 1 atom stereocenters. The highest BCUT2D eigenvalue weighted by atomic mass is 32.2. The first-order chi connectivity index (χ1) is 11.0. The fourth-order valence-electron chi connectivity index (χ4n) is 3.60. The monoisotopic (exact) mass is 333 g/mol. The topological polar surface area (TPSA) is 57.6 Å². The van der Waals surface area contributed by atoms with Crippen LogP contribution in [0.2, 0.25) is 0 Å². The van der Waals surface area contributed by atoms with Crippen molar-refractivity contribution in [3.05, 3.63) is 35.4 Å². The van der Waals surface area contributed by atoms with Crippen LogP contribution in [0.25, 0.3) is 0 Å². The van der Waals surface area contributed by atoms with Gasteiger partial charge in [0.05, 0.1) is 11.7 Å². The number of amides is 1. The minimum atomic E-state index is -0.668. The first-order valence-corrected chi connectivity index (χ1v) is 9.29. The van der Waals surface area contributed by atoms with Crippen LogP contribution >= 0.6 is 11.8 Å². The summed E-state index contributed by atoms with van der Waals surface area (Å²) in [7, 11) is 0. The number of piperidine rings is 1. The Hall–Kier alpha value is -1.49. The number of carbonyl (C=O) groups excluding carboxylic acids is 1. The van der Waals surface area contributed by atoms with E-state index in [4.69, 9.17) is 5.11 Å². The maximum absolute atomic E-state index is 12.3. The summed E-state index contributed by atoms with van der Waals surface area (Å²) >= 11 is 1.65. The molecule has 0 bridgehead atoms. The molecule has 0 aromatic heterocycles. The quantitative estimate of drug-likeness (QED) is 0.900. The molecule has 3 rings (SSSR count). The molecule has 5 heteroatoms. The highest BCUT2D eigenvalue weighted by Crippen LogP contribution is 2.59. The number of benzene rings is 1. The van der Waals surface area contributed by atoms with Gasteiger partial charge >= 0.3 is 5.97 Å². The number of carboxylic acids is 1. The number of carbonyl (C=O) groups is 2. The van der Waals surface area contributed by atoms with Crippen molar-refractivity contribution >= 4 is 23.6 Å². The standard InChI is InChI=1S/C18H23NO3S/c1-13-3-2-4-14(9-13)11-23-12-16(20)19-7-5-18(6-8-19)10-15(18)17(21)22/h2-4,9,15H,5-8,10-12H2,1H3,(H,21,22). The lowest BCUT2D eigenvalue weighted by atomic mass is 9.91. The molecule has 1 amide bonds. The van der Waals surface area contributed by atoms with E-state index in [1.165, 1.54) is 11.1 Å². The van der Waals surface area contributed by atoms with Crippen molar-refractivity contribution in [2.24, 2.45) is 11.3 Å². The normalized spacial score (nSPS) is 22.1. The molecule has 2 aliphatic rings. The lowest BCUT2D eigenvalue weighted by Gasteiger charge is -2.32. The van der Waals surface area contributed by atoms with Crippen molar-refractivity contribution in [1.29, 1.82) is 0 Å². The van der Waals surface area contributed by atoms with Crippen molar-refractivity contribution in [2.75, 3.05) is 18.8 Å². The molecule has 1 saturated heterocycles. The summed E-state index contributed by atoms with van der Waals surface area (Å²) in [5.41, 5.74) is 2.49. The third kappa shape index (κ3) is 3.71. The molecule has 124 valence electrons. The van der Waals surface area contributed by atoms with Crippen LogP contribution in [0.5, 0.6) is 0 Å². The maximum atomic E-state index is 12.3. The lowest BCUT2D eigenvalue weighted by Crippen LogP contribution is -2.40. The lowest BCUT2D eigenvalue weighted by molar-refractivity contribution is -0.139. The molecule has 2 fully saturated rings. The molecule has 23 heavy (non-hydrogen) atoms. The second-order valence-corrected chi connectivity index (χ2v) is 7.81. The molecular weight excluding hydrogens is 310 g/mol. The fourth-order valence-corrected chi connectivity index (χ4v) is 4.47. The van der Waals surface area contributed by atoms with Crippen LogP contribution in [-0.4, -0.2) is 40.7 Å². The highest BCUT2D eigenvalue weighted by Gasteiger charge is 2.59. The van der Waals surface area contributed by atoms with Crippen LogP contribution in [0.4, 0.5) is 0 Å². The zero-order valence-electron chi connectivity index (χ0n) is 13.5. The molecule has 1 unspecified atom stereocenters. The molecule has 1 aliphatic heterocycles. The number of hydrogen-bond acceptors (Lipinski definition) is 3. The highest BCUT2D eigenvalue weighted by molar-refractivity contribution is 7.99. The van der Waals surface area contributed by atoms with E-state index in [0.29, 0.717) is 18.8 Å². The van der Waals surface area contributed by atoms with Crippen molar-refractivity contribution in [3.8, 4) is 0 Å². The summed E-state index contributed by atoms with van der Waals surface area (Å²) in [6.07, 6.45) is 2.49. The Kier molecular flexibility index (Phi) is 4.67. The minimum Gasteiger partial charge on any atom is -0.481 e. The smallest absolute Gasteiger partial charge is 0.307 e. The maximum Gasteiger partial charge on any atom is 0.307 e. The van der Waals surface area contributed by atoms with Crippen LogP contribution in [0.3, 0.4) is 0 Å². The van der Waals surface area contributed by atoms with Crippen molar-refractivity contribution in [2.45, 2.75) is 31.9 Å². The van der Waals surface area contributed by atoms with E-state index >= 15 is 0 Å². The Morgan fingerprint density at radius 3 is 2.70 bits per heavy atom. The predicted octanol–water partition coefficient (Wildman–Crippen LogP) is 2.94. The molecule has 1 saturated carbocycles. The predicted molar refractivity (Wildman–Crippen MR) is 91.3 cm³/mol. The largest absolute Gasteiger partial charge is 0.481 e. The number of hydrogen-bond donors (Lipinski definition) is 1. The van der Waals surface area contributed by atoms with E-state index in [0.717, 1.165) is 25.0 Å². The Labute approximate surface area is 141 Å². The number of aliphatic carboxylic acids is 1. The van der Waals surface area contributed by atoms with Gasteiger partial charge in [-0.1, -0.05) is 29.8 Å². The summed E-state index contributed by atoms with van der Waals surface area (Å²) in [6, 6.07) is 8.37. The minimum absolute atomic E-state index is 0.00266. The Balaban J connectivity index is 1.41. The molecule has 1 aliphatic carbocycles. The zero-order valence-corrected chi connectivity index (χ0v) is 14.3. The van der Waals surface area contributed by atoms with Gasteiger partial charge in [0, 0.05) is 18.8 Å². The van der Waals surface area contributed by atoms with Crippen LogP contribution in [0, 0.1) is 18.3 Å². The van der Waals surface area contributed by atoms with Gasteiger partial charge in [-0.2, -0.15) is 0 Å². The van der Waals surface area contributed by atoms with Gasteiger partial charge in [0.2, 0.25) is 5.91 Å². The van der Waals surface area contributed by atoms with Gasteiger partial charge in [-0.05, 0) is 37.2 Å². The van der Waals surface area contributed by atoms with E-state index < -0.39 is 5.97 Å². The molecule has 0 radical (unpaired) electrons. The average molecular weight is 333 g/mol. The zero-order chi connectivity index (χ0) is 16.4. The Morgan fingerprint density at radius 1 is 1.35 bits per heavy atom. The molecule has 1 aromatic rings. The third-order valence-corrected chi connectivity index (χ3v) is 6.17. The van der Waals surface area contributed by atoms with Gasteiger partial charge in [0.1, 0.15) is 0 Å². The van der Waals surface area contributed by atoms with E-state index in [1.807, 2.05) is 11.0 Å². The van der Waals surface area contributed by atoms with E-state index in [-0.39, 0.29) is 17.2 Å². The summed E-state index contributed by atoms with van der Waals surface area (Å²) < 4.78 is 0. The van der Waals surface area contributed by atoms with Crippen molar-refractivity contribution in [3.63, 3.8) is 0 Å². The summed E-state index contributed by atoms with van der Waals surface area (Å²) in [5.74, 6) is 0.703. The van der Waals surface area contributed by atoms with Crippen LogP contribution in [0.1, 0.15) is 30.4 Å². The number of nitrogens with zero attached hydrogens (tertiary/aromatic N) is 1. The van der Waals surface area contributed by atoms with Gasteiger partial charge in [-0.3, -0.25) is 9.59 Å². The van der Waals surface area contributed by atoms with Gasteiger partial charge in [-0.15, -0.1) is 11.8 Å². The summed E-state index contributed by atoms with van der Waals surface area (Å²) in [6.45, 7) is 3.51. The van der Waals surface area contributed by atoms with Crippen molar-refractivity contribution < 1.29 is 14.7 Å². The molecule has 4 nitrogen and oxygen atoms in total. The SMILES string of the molecule is Cc1cccc(CSCC(=O)N2CCC3(CC2)CC3C(=O)O)c1. The second-order valence-electron chi connectivity index (χ2n) is 6.82. The van der Waals surface area contributed by atoms with E-state index in [2.05, 4.69) is 25.1 Å². The van der Waals surface area contributed by atoms with Gasteiger partial charge < -0.3 is 10.0 Å². The number of likely N-dealkylation sites (tertiary alicyclic amines) is 1. The second kappa shape index (κ2) is 6.56. The summed E-state index contributed by atoms with van der Waals surface area (Å²) in [4.78, 5) is 25.3. The number of thioether (sulfide) groups is 1. The first-order valence-electron chi connectivity index (χ1n) is 8.14. The van der Waals surface area contributed by atoms with E-state index in [1.54, 1.807) is 11.8 Å². The number of carboxylic acid groups (broad SMARTS) is 1. The average Bonchev–Trinajstić information content (AvgIpc) is 3.22. The molecular formula is C18H23NO3S. The fraction of sp³-hybridized carbons (Fsp3) is 0.556. The third-order valence-electron chi connectivity index (χ3n) is 5.18. The molecule has 1 N–H and O–H groups in total. The Morgan fingerprint density at radius 2 is 2.09 bits per heavy atom. The number of aryl methyl sites for hydroxylation is 1. The molecule has 1 heterocycles. The van der Waals surface area contributed by atoms with Crippen LogP contribution in [-0.2, 0) is 15.3 Å². The van der Waals surface area contributed by atoms with E-state index in [9.17, 15) is 9.59 Å². The first kappa shape index (κ1) is 16.4. The number of rotatable bonds is 5.